The van der Waals surface area contributed by atoms with Crippen LogP contribution in [0.15, 0.2) is 30.3 Å². The van der Waals surface area contributed by atoms with Crippen LogP contribution in [-0.2, 0) is 17.6 Å². The van der Waals surface area contributed by atoms with Gasteiger partial charge in [0.25, 0.3) is 0 Å². The van der Waals surface area contributed by atoms with Gasteiger partial charge in [-0.3, -0.25) is 9.59 Å². The molecular formula is C20H18O4. The average molecular weight is 322 g/mol. The van der Waals surface area contributed by atoms with E-state index in [1.165, 1.54) is 0 Å². The van der Waals surface area contributed by atoms with Gasteiger partial charge < -0.3 is 9.47 Å². The third-order valence-electron chi connectivity index (χ3n) is 4.76. The third-order valence-corrected chi connectivity index (χ3v) is 4.76. The van der Waals surface area contributed by atoms with Crippen molar-refractivity contribution in [2.24, 2.45) is 0 Å². The number of hydrogen-bond donors (Lipinski definition) is 0. The van der Waals surface area contributed by atoms with Crippen LogP contribution in [0.5, 0.6) is 11.5 Å². The molecule has 122 valence electrons. The third kappa shape index (κ3) is 2.39. The van der Waals surface area contributed by atoms with Gasteiger partial charge >= 0.3 is 0 Å². The summed E-state index contributed by atoms with van der Waals surface area (Å²) >= 11 is 0. The minimum Gasteiger partial charge on any atom is -0.493 e. The van der Waals surface area contributed by atoms with Crippen LogP contribution in [0.4, 0.5) is 0 Å². The number of ketones is 2. The van der Waals surface area contributed by atoms with Crippen molar-refractivity contribution in [3.05, 3.63) is 47.0 Å². The molecule has 0 radical (unpaired) electrons. The summed E-state index contributed by atoms with van der Waals surface area (Å²) in [5.74, 6) is 1.58. The molecule has 0 atom stereocenters. The van der Waals surface area contributed by atoms with Gasteiger partial charge in [0, 0.05) is 24.0 Å². The zero-order valence-corrected chi connectivity index (χ0v) is 13.6. The smallest absolute Gasteiger partial charge is 0.174 e. The molecule has 0 unspecified atom stereocenters. The number of benzene rings is 2. The van der Waals surface area contributed by atoms with Crippen molar-refractivity contribution in [3.8, 4) is 22.6 Å². The first-order chi connectivity index (χ1) is 11.7. The van der Waals surface area contributed by atoms with Crippen molar-refractivity contribution in [2.45, 2.75) is 25.7 Å². The summed E-state index contributed by atoms with van der Waals surface area (Å²) in [6.45, 7) is 0.0888. The van der Waals surface area contributed by atoms with Crippen LogP contribution in [0, 0.1) is 0 Å². The Labute approximate surface area is 140 Å². The monoisotopic (exact) mass is 322 g/mol. The maximum Gasteiger partial charge on any atom is 0.174 e. The van der Waals surface area contributed by atoms with E-state index < -0.39 is 0 Å². The second kappa shape index (κ2) is 5.78. The molecule has 0 saturated heterocycles. The standard InChI is InChI=1S/C20H18O4/c1-23-19-8-7-15(17-10-14(21)11-24-20(17)19)13-5-6-16-12(9-13)3-2-4-18(16)22/h5-9H,2-4,10-11H2,1H3. The lowest BCUT2D eigenvalue weighted by atomic mass is 9.86. The number of carbonyl (C=O) groups is 2. The quantitative estimate of drug-likeness (QED) is 0.850. The molecule has 1 aliphatic carbocycles. The Morgan fingerprint density at radius 1 is 1.04 bits per heavy atom. The van der Waals surface area contributed by atoms with Crippen molar-refractivity contribution in [1.29, 1.82) is 0 Å². The number of carbonyl (C=O) groups excluding carboxylic acids is 2. The molecule has 0 aromatic heterocycles. The van der Waals surface area contributed by atoms with Crippen LogP contribution in [0.25, 0.3) is 11.1 Å². The fourth-order valence-electron chi connectivity index (χ4n) is 3.59. The summed E-state index contributed by atoms with van der Waals surface area (Å²) in [5.41, 5.74) is 4.78. The van der Waals surface area contributed by atoms with E-state index in [2.05, 4.69) is 6.07 Å². The van der Waals surface area contributed by atoms with Gasteiger partial charge in [-0.1, -0.05) is 24.3 Å². The molecule has 0 saturated carbocycles. The van der Waals surface area contributed by atoms with Crippen LogP contribution in [0.1, 0.15) is 34.3 Å². The molecule has 4 nitrogen and oxygen atoms in total. The fraction of sp³-hybridized carbons (Fsp3) is 0.300. The Bertz CT molecular complexity index is 851. The Morgan fingerprint density at radius 2 is 1.88 bits per heavy atom. The number of hydrogen-bond acceptors (Lipinski definition) is 4. The number of rotatable bonds is 2. The SMILES string of the molecule is COc1ccc(-c2ccc3c(c2)CCCC3=O)c2c1OCC(=O)C2. The van der Waals surface area contributed by atoms with Crippen molar-refractivity contribution in [1.82, 2.24) is 0 Å². The molecule has 4 heteroatoms. The fourth-order valence-corrected chi connectivity index (χ4v) is 3.59. The van der Waals surface area contributed by atoms with E-state index in [-0.39, 0.29) is 18.2 Å². The van der Waals surface area contributed by atoms with E-state index in [0.717, 1.165) is 40.7 Å². The molecule has 0 fully saturated rings. The topological polar surface area (TPSA) is 52.6 Å². The highest BCUT2D eigenvalue weighted by Gasteiger charge is 2.25. The highest BCUT2D eigenvalue weighted by atomic mass is 16.5. The van der Waals surface area contributed by atoms with Gasteiger partial charge in [-0.05, 0) is 35.6 Å². The van der Waals surface area contributed by atoms with Crippen molar-refractivity contribution in [2.75, 3.05) is 13.7 Å². The molecule has 2 aliphatic rings. The largest absolute Gasteiger partial charge is 0.493 e. The molecule has 1 heterocycles. The summed E-state index contributed by atoms with van der Waals surface area (Å²) < 4.78 is 11.0. The van der Waals surface area contributed by atoms with Gasteiger partial charge in [0.1, 0.15) is 6.61 Å². The number of methoxy groups -OCH3 is 1. The van der Waals surface area contributed by atoms with E-state index in [0.29, 0.717) is 24.3 Å². The van der Waals surface area contributed by atoms with Crippen LogP contribution in [0.3, 0.4) is 0 Å². The van der Waals surface area contributed by atoms with Gasteiger partial charge in [-0.15, -0.1) is 0 Å². The zero-order valence-electron chi connectivity index (χ0n) is 13.6. The minimum atomic E-state index is 0.0603. The van der Waals surface area contributed by atoms with E-state index in [1.807, 2.05) is 24.3 Å². The van der Waals surface area contributed by atoms with Gasteiger partial charge in [0.05, 0.1) is 7.11 Å². The highest BCUT2D eigenvalue weighted by Crippen LogP contribution is 2.41. The van der Waals surface area contributed by atoms with Crippen molar-refractivity contribution >= 4 is 11.6 Å². The first-order valence-corrected chi connectivity index (χ1v) is 8.18. The maximum atomic E-state index is 12.0. The second-order valence-corrected chi connectivity index (χ2v) is 6.28. The number of ether oxygens (including phenoxy) is 2. The first kappa shape index (κ1) is 14.9. The Hall–Kier alpha value is -2.62. The molecule has 0 bridgehead atoms. The van der Waals surface area contributed by atoms with E-state index in [1.54, 1.807) is 7.11 Å². The summed E-state index contributed by atoms with van der Waals surface area (Å²) in [5, 5.41) is 0. The summed E-state index contributed by atoms with van der Waals surface area (Å²) in [6.07, 6.45) is 2.80. The number of fused-ring (bicyclic) bond motifs is 2. The molecule has 4 rings (SSSR count). The highest BCUT2D eigenvalue weighted by molar-refractivity contribution is 5.99. The number of Topliss-reactive ketones (excluding diaryl/α,β-unsaturated/α-hetero) is 2. The lowest BCUT2D eigenvalue weighted by Crippen LogP contribution is -2.21. The molecule has 1 aliphatic heterocycles. The Balaban J connectivity index is 1.85. The zero-order chi connectivity index (χ0) is 16.7. The van der Waals surface area contributed by atoms with Crippen LogP contribution in [-0.4, -0.2) is 25.3 Å². The Morgan fingerprint density at radius 3 is 2.71 bits per heavy atom. The van der Waals surface area contributed by atoms with E-state index in [4.69, 9.17) is 9.47 Å². The van der Waals surface area contributed by atoms with Crippen molar-refractivity contribution < 1.29 is 19.1 Å². The van der Waals surface area contributed by atoms with Gasteiger partial charge in [-0.2, -0.15) is 0 Å². The average Bonchev–Trinajstić information content (AvgIpc) is 2.60. The predicted molar refractivity (Wildman–Crippen MR) is 89.9 cm³/mol. The Kier molecular flexibility index (Phi) is 3.60. The van der Waals surface area contributed by atoms with E-state index >= 15 is 0 Å². The normalized spacial score (nSPS) is 16.2. The van der Waals surface area contributed by atoms with Crippen LogP contribution < -0.4 is 9.47 Å². The van der Waals surface area contributed by atoms with Gasteiger partial charge in [0.15, 0.2) is 23.1 Å². The molecular weight excluding hydrogens is 304 g/mol. The summed E-state index contributed by atoms with van der Waals surface area (Å²) in [6, 6.07) is 9.78. The molecule has 0 amide bonds. The maximum absolute atomic E-state index is 12.0. The summed E-state index contributed by atoms with van der Waals surface area (Å²) in [4.78, 5) is 23.9. The lowest BCUT2D eigenvalue weighted by molar-refractivity contribution is -0.121. The molecule has 0 N–H and O–H groups in total. The predicted octanol–water partition coefficient (Wildman–Crippen LogP) is 3.39. The minimum absolute atomic E-state index is 0.0603. The summed E-state index contributed by atoms with van der Waals surface area (Å²) in [7, 11) is 1.60. The molecule has 2 aromatic rings. The molecule has 0 spiro atoms. The molecule has 24 heavy (non-hydrogen) atoms. The first-order valence-electron chi connectivity index (χ1n) is 8.18. The van der Waals surface area contributed by atoms with Crippen LogP contribution in [0.2, 0.25) is 0 Å². The van der Waals surface area contributed by atoms with Gasteiger partial charge in [0.2, 0.25) is 0 Å². The van der Waals surface area contributed by atoms with E-state index in [9.17, 15) is 9.59 Å². The van der Waals surface area contributed by atoms with Crippen molar-refractivity contribution in [3.63, 3.8) is 0 Å². The lowest BCUT2D eigenvalue weighted by Gasteiger charge is -2.23. The second-order valence-electron chi connectivity index (χ2n) is 6.28. The molecule has 2 aromatic carbocycles. The van der Waals surface area contributed by atoms with Gasteiger partial charge in [-0.25, -0.2) is 0 Å². The van der Waals surface area contributed by atoms with Crippen LogP contribution >= 0.6 is 0 Å². The number of aryl methyl sites for hydroxylation is 1.